The minimum absolute atomic E-state index is 0.0683. The van der Waals surface area contributed by atoms with Crippen LogP contribution in [-0.4, -0.2) is 108 Å². The van der Waals surface area contributed by atoms with Crippen LogP contribution in [0.15, 0.2) is 0 Å². The number of likely N-dealkylation sites (N-methyl/N-ethyl adjacent to an activating group) is 1. The summed E-state index contributed by atoms with van der Waals surface area (Å²) in [6.07, 6.45) is -4.58. The lowest BCUT2D eigenvalue weighted by atomic mass is 9.84. The number of aliphatic hydroxyl groups is 3. The van der Waals surface area contributed by atoms with E-state index in [1.165, 1.54) is 0 Å². The molecule has 12 N–H and O–H groups in total. The molecule has 0 spiro atoms. The Kier molecular flexibility index (Phi) is 8.51. The lowest BCUT2D eigenvalue weighted by Gasteiger charge is -2.48. The van der Waals surface area contributed by atoms with Gasteiger partial charge in [-0.2, -0.15) is 0 Å². The van der Waals surface area contributed by atoms with E-state index in [0.717, 1.165) is 6.42 Å². The van der Waals surface area contributed by atoms with Crippen LogP contribution >= 0.6 is 0 Å². The van der Waals surface area contributed by atoms with Crippen molar-refractivity contribution in [2.45, 2.75) is 112 Å². The summed E-state index contributed by atoms with van der Waals surface area (Å²) in [6.45, 7) is 3.34. The van der Waals surface area contributed by atoms with Crippen LogP contribution in [0, 0.1) is 0 Å². The highest BCUT2D eigenvalue weighted by Gasteiger charge is 2.50. The highest BCUT2D eigenvalue weighted by atomic mass is 16.7. The molecule has 1 unspecified atom stereocenters. The second kappa shape index (κ2) is 10.4. The largest absolute Gasteiger partial charge is 0.388 e. The summed E-state index contributed by atoms with van der Waals surface area (Å²) >= 11 is 0. The average molecular weight is 464 g/mol. The van der Waals surface area contributed by atoms with Gasteiger partial charge in [0.25, 0.3) is 0 Å². The van der Waals surface area contributed by atoms with Crippen molar-refractivity contribution < 1.29 is 34.3 Å². The van der Waals surface area contributed by atoms with Gasteiger partial charge in [0.15, 0.2) is 12.6 Å². The molecular weight excluding hydrogens is 422 g/mol. The number of aliphatic hydroxyl groups excluding tert-OH is 2. The highest BCUT2D eigenvalue weighted by molar-refractivity contribution is 5.02. The Balaban J connectivity index is 1.69. The van der Waals surface area contributed by atoms with Crippen LogP contribution in [0.25, 0.3) is 0 Å². The van der Waals surface area contributed by atoms with E-state index in [-0.39, 0.29) is 24.8 Å². The third-order valence-corrected chi connectivity index (χ3v) is 6.81. The Morgan fingerprint density at radius 1 is 1.00 bits per heavy atom. The molecule has 0 aromatic rings. The predicted molar refractivity (Wildman–Crippen MR) is 115 cm³/mol. The van der Waals surface area contributed by atoms with E-state index >= 15 is 0 Å². The van der Waals surface area contributed by atoms with Crippen molar-refractivity contribution in [2.75, 3.05) is 13.7 Å². The first-order valence-corrected chi connectivity index (χ1v) is 11.3. The van der Waals surface area contributed by atoms with E-state index in [9.17, 15) is 15.3 Å². The number of hydrogen-bond donors (Lipinski definition) is 8. The molecule has 0 aromatic heterocycles. The van der Waals surface area contributed by atoms with Crippen molar-refractivity contribution in [3.63, 3.8) is 0 Å². The number of nitrogens with two attached hydrogens (primary N) is 4. The second-order valence-corrected chi connectivity index (χ2v) is 9.69. The summed E-state index contributed by atoms with van der Waals surface area (Å²) in [5.41, 5.74) is 23.3. The molecule has 3 aliphatic rings. The molecule has 1 saturated carbocycles. The SMILES string of the molecule is CN[C@@H]1[C@@H](O)[C@@H](O[C@@H]2[C@@H](O)[C@H](O[C@@H]3O[C@H](C(C)N)CC[C@H]3N)[C@@H](N)C[C@H]2N)OC[C@]1(C)O. The molecule has 32 heavy (non-hydrogen) atoms. The first-order chi connectivity index (χ1) is 15.0. The fourth-order valence-corrected chi connectivity index (χ4v) is 4.87. The minimum atomic E-state index is -1.29. The van der Waals surface area contributed by atoms with Gasteiger partial charge < -0.3 is 62.5 Å². The maximum absolute atomic E-state index is 11.1. The van der Waals surface area contributed by atoms with Crippen LogP contribution in [0.3, 0.4) is 0 Å². The number of nitrogens with one attached hydrogen (secondary N) is 1. The second-order valence-electron chi connectivity index (χ2n) is 9.69. The lowest BCUT2D eigenvalue weighted by Crippen LogP contribution is -2.68. The molecular formula is C20H41N5O7. The van der Waals surface area contributed by atoms with Crippen LogP contribution in [-0.2, 0) is 18.9 Å². The molecule has 1 aliphatic carbocycles. The normalized spacial score (nSPS) is 51.4. The maximum atomic E-state index is 11.1. The van der Waals surface area contributed by atoms with Gasteiger partial charge in [0, 0.05) is 18.1 Å². The Morgan fingerprint density at radius 3 is 2.16 bits per heavy atom. The van der Waals surface area contributed by atoms with E-state index in [2.05, 4.69) is 5.32 Å². The molecule has 13 atom stereocenters. The Labute approximate surface area is 188 Å². The molecule has 2 heterocycles. The summed E-state index contributed by atoms with van der Waals surface area (Å²) in [6, 6.07) is -2.47. The standard InChI is InChI=1S/C20H41N5O7/c1-8(21)12-5-4-9(22)18(30-12)31-15-10(23)6-11(24)16(13(15)26)32-19-14(27)17(25-3)20(2,28)7-29-19/h8-19,25-28H,4-7,21-24H2,1-3H3/t8?,9-,10+,11-,12+,13+,14-,15-,16+,17-,18+,19-,20+/m1/s1. The third-order valence-electron chi connectivity index (χ3n) is 6.81. The maximum Gasteiger partial charge on any atom is 0.185 e. The first kappa shape index (κ1) is 26.1. The molecule has 0 aromatic carbocycles. The summed E-state index contributed by atoms with van der Waals surface area (Å²) in [7, 11) is 1.62. The zero-order valence-electron chi connectivity index (χ0n) is 19.0. The van der Waals surface area contributed by atoms with Gasteiger partial charge in [-0.3, -0.25) is 0 Å². The van der Waals surface area contributed by atoms with Crippen molar-refractivity contribution in [3.8, 4) is 0 Å². The number of hydrogen-bond acceptors (Lipinski definition) is 12. The summed E-state index contributed by atoms with van der Waals surface area (Å²) in [5, 5.41) is 35.0. The zero-order valence-corrected chi connectivity index (χ0v) is 19.0. The van der Waals surface area contributed by atoms with E-state index in [1.54, 1.807) is 14.0 Å². The highest BCUT2D eigenvalue weighted by Crippen LogP contribution is 2.31. The van der Waals surface area contributed by atoms with Crippen LogP contribution in [0.2, 0.25) is 0 Å². The molecule has 12 nitrogen and oxygen atoms in total. The predicted octanol–water partition coefficient (Wildman–Crippen LogP) is -3.59. The average Bonchev–Trinajstić information content (AvgIpc) is 2.71. The first-order valence-electron chi connectivity index (χ1n) is 11.3. The summed E-state index contributed by atoms with van der Waals surface area (Å²) in [5.74, 6) is 0. The van der Waals surface area contributed by atoms with Crippen molar-refractivity contribution in [2.24, 2.45) is 22.9 Å². The smallest absolute Gasteiger partial charge is 0.185 e. The number of rotatable bonds is 6. The Hall–Kier alpha value is -0.480. The Morgan fingerprint density at radius 2 is 1.59 bits per heavy atom. The van der Waals surface area contributed by atoms with Crippen LogP contribution in [0.1, 0.15) is 33.1 Å². The Bertz CT molecular complexity index is 615. The molecule has 0 amide bonds. The minimum Gasteiger partial charge on any atom is -0.388 e. The van der Waals surface area contributed by atoms with Crippen LogP contribution in [0.5, 0.6) is 0 Å². The molecule has 3 rings (SSSR count). The lowest BCUT2D eigenvalue weighted by molar-refractivity contribution is -0.307. The molecule has 0 bridgehead atoms. The topological polar surface area (TPSA) is 214 Å². The molecule has 188 valence electrons. The molecule has 0 radical (unpaired) electrons. The molecule has 2 saturated heterocycles. The van der Waals surface area contributed by atoms with Crippen LogP contribution < -0.4 is 28.3 Å². The number of ether oxygens (including phenoxy) is 4. The van der Waals surface area contributed by atoms with Gasteiger partial charge in [0.05, 0.1) is 24.8 Å². The van der Waals surface area contributed by atoms with Crippen molar-refractivity contribution >= 4 is 0 Å². The van der Waals surface area contributed by atoms with Crippen molar-refractivity contribution in [1.29, 1.82) is 0 Å². The fourth-order valence-electron chi connectivity index (χ4n) is 4.87. The van der Waals surface area contributed by atoms with Gasteiger partial charge in [-0.1, -0.05) is 0 Å². The van der Waals surface area contributed by atoms with Gasteiger partial charge in [-0.05, 0) is 40.2 Å². The van der Waals surface area contributed by atoms with Gasteiger partial charge in [0.2, 0.25) is 0 Å². The van der Waals surface area contributed by atoms with E-state index in [4.69, 9.17) is 41.9 Å². The van der Waals surface area contributed by atoms with Crippen molar-refractivity contribution in [1.82, 2.24) is 5.32 Å². The molecule has 3 fully saturated rings. The summed E-state index contributed by atoms with van der Waals surface area (Å²) < 4.78 is 23.4. The van der Waals surface area contributed by atoms with Gasteiger partial charge in [-0.15, -0.1) is 0 Å². The van der Waals surface area contributed by atoms with Gasteiger partial charge in [-0.25, -0.2) is 0 Å². The quantitative estimate of drug-likeness (QED) is 0.192. The van der Waals surface area contributed by atoms with Crippen LogP contribution in [0.4, 0.5) is 0 Å². The zero-order chi connectivity index (χ0) is 23.8. The molecule has 12 heteroatoms. The van der Waals surface area contributed by atoms with Gasteiger partial charge >= 0.3 is 0 Å². The van der Waals surface area contributed by atoms with Gasteiger partial charge in [0.1, 0.15) is 30.0 Å². The monoisotopic (exact) mass is 463 g/mol. The third kappa shape index (κ3) is 5.43. The molecule has 2 aliphatic heterocycles. The fraction of sp³-hybridized carbons (Fsp3) is 1.00. The van der Waals surface area contributed by atoms with Crippen molar-refractivity contribution in [3.05, 3.63) is 0 Å². The van der Waals surface area contributed by atoms with E-state index in [0.29, 0.717) is 12.8 Å². The summed E-state index contributed by atoms with van der Waals surface area (Å²) in [4.78, 5) is 0. The van der Waals surface area contributed by atoms with E-state index in [1.807, 2.05) is 6.92 Å². The van der Waals surface area contributed by atoms with E-state index < -0.39 is 60.7 Å².